The van der Waals surface area contributed by atoms with Crippen molar-refractivity contribution in [2.45, 2.75) is 76.8 Å². The normalized spacial score (nSPS) is 39.3. The molecule has 0 N–H and O–H groups in total. The van der Waals surface area contributed by atoms with E-state index in [4.69, 9.17) is 0 Å². The summed E-state index contributed by atoms with van der Waals surface area (Å²) in [6.45, 7) is 7.98. The Labute approximate surface area is 119 Å². The number of rotatable bonds is 1. The van der Waals surface area contributed by atoms with E-state index in [9.17, 15) is 0 Å². The topological polar surface area (TPSA) is 6.48 Å². The van der Waals surface area contributed by atoms with Crippen molar-refractivity contribution >= 4 is 0 Å². The summed E-state index contributed by atoms with van der Waals surface area (Å²) in [5, 5.41) is 0. The van der Waals surface area contributed by atoms with Gasteiger partial charge in [-0.15, -0.1) is 0 Å². The average molecular weight is 264 g/mol. The minimum atomic E-state index is 0.881. The molecule has 2 heterocycles. The van der Waals surface area contributed by atoms with Crippen LogP contribution in [0.1, 0.15) is 64.7 Å². The highest BCUT2D eigenvalue weighted by Gasteiger charge is 2.32. The second kappa shape index (κ2) is 6.58. The molecule has 2 aliphatic heterocycles. The molecule has 0 aromatic heterocycles. The zero-order chi connectivity index (χ0) is 13.1. The summed E-state index contributed by atoms with van der Waals surface area (Å²) >= 11 is 0. The fraction of sp³-hybridized carbons (Fsp3) is 1.00. The van der Waals surface area contributed by atoms with Crippen molar-refractivity contribution in [1.29, 1.82) is 0 Å². The maximum absolute atomic E-state index is 2.89. The summed E-state index contributed by atoms with van der Waals surface area (Å²) in [4.78, 5) is 5.69. The third-order valence-electron chi connectivity index (χ3n) is 5.87. The quantitative estimate of drug-likeness (QED) is 0.669. The lowest BCUT2D eigenvalue weighted by Crippen LogP contribution is -2.47. The van der Waals surface area contributed by atoms with Crippen molar-refractivity contribution in [3.8, 4) is 0 Å². The molecule has 0 spiro atoms. The summed E-state index contributed by atoms with van der Waals surface area (Å²) in [6.07, 6.45) is 13.1. The van der Waals surface area contributed by atoms with E-state index in [0.29, 0.717) is 0 Å². The largest absolute Gasteiger partial charge is 0.299 e. The molecular weight excluding hydrogens is 232 g/mol. The van der Waals surface area contributed by atoms with Gasteiger partial charge in [0, 0.05) is 18.6 Å². The summed E-state index contributed by atoms with van der Waals surface area (Å²) < 4.78 is 0. The first-order valence-corrected chi connectivity index (χ1v) is 8.82. The Morgan fingerprint density at radius 1 is 0.684 bits per heavy atom. The van der Waals surface area contributed by atoms with Gasteiger partial charge >= 0.3 is 0 Å². The molecule has 3 fully saturated rings. The first kappa shape index (κ1) is 13.9. The van der Waals surface area contributed by atoms with Gasteiger partial charge in [0.05, 0.1) is 0 Å². The van der Waals surface area contributed by atoms with Crippen LogP contribution in [0.25, 0.3) is 0 Å². The first-order valence-electron chi connectivity index (χ1n) is 8.82. The van der Waals surface area contributed by atoms with Crippen LogP contribution >= 0.6 is 0 Å². The van der Waals surface area contributed by atoms with Gasteiger partial charge in [-0.2, -0.15) is 0 Å². The van der Waals surface area contributed by atoms with Crippen molar-refractivity contribution in [2.24, 2.45) is 5.92 Å². The van der Waals surface area contributed by atoms with E-state index in [0.717, 1.165) is 18.0 Å². The molecule has 1 saturated carbocycles. The summed E-state index contributed by atoms with van der Waals surface area (Å²) in [5.41, 5.74) is 0. The Kier molecular flexibility index (Phi) is 4.81. The summed E-state index contributed by atoms with van der Waals surface area (Å²) in [6, 6.07) is 1.77. The highest BCUT2D eigenvalue weighted by Crippen LogP contribution is 2.30. The molecule has 0 amide bonds. The van der Waals surface area contributed by atoms with E-state index in [1.54, 1.807) is 0 Å². The minimum Gasteiger partial charge on any atom is -0.299 e. The molecule has 2 heteroatoms. The molecule has 0 radical (unpaired) electrons. The molecular formula is C17H32N2. The molecule has 3 unspecified atom stereocenters. The molecule has 110 valence electrons. The number of fused-ring (bicyclic) bond motifs is 1. The van der Waals surface area contributed by atoms with Crippen LogP contribution in [0, 0.1) is 5.92 Å². The summed E-state index contributed by atoms with van der Waals surface area (Å²) in [7, 11) is 0. The predicted octanol–water partition coefficient (Wildman–Crippen LogP) is 3.52. The number of piperidine rings is 1. The molecule has 1 aliphatic carbocycles. The van der Waals surface area contributed by atoms with E-state index < -0.39 is 0 Å². The van der Waals surface area contributed by atoms with Crippen molar-refractivity contribution in [1.82, 2.24) is 9.80 Å². The average Bonchev–Trinajstić information content (AvgIpc) is 2.76. The van der Waals surface area contributed by atoms with Crippen LogP contribution in [0.5, 0.6) is 0 Å². The number of nitrogens with zero attached hydrogens (tertiary/aromatic N) is 2. The fourth-order valence-corrected chi connectivity index (χ4v) is 4.72. The molecule has 3 atom stereocenters. The predicted molar refractivity (Wildman–Crippen MR) is 81.4 cm³/mol. The van der Waals surface area contributed by atoms with E-state index in [1.807, 2.05) is 0 Å². The second-order valence-electron chi connectivity index (χ2n) is 7.22. The van der Waals surface area contributed by atoms with E-state index in [-0.39, 0.29) is 0 Å². The van der Waals surface area contributed by atoms with Gasteiger partial charge < -0.3 is 0 Å². The lowest BCUT2D eigenvalue weighted by molar-refractivity contribution is 0.0977. The lowest BCUT2D eigenvalue weighted by Gasteiger charge is -2.39. The van der Waals surface area contributed by atoms with E-state index in [2.05, 4.69) is 16.7 Å². The second-order valence-corrected chi connectivity index (χ2v) is 7.22. The van der Waals surface area contributed by atoms with Gasteiger partial charge in [0.15, 0.2) is 0 Å². The van der Waals surface area contributed by atoms with Crippen LogP contribution in [0.3, 0.4) is 0 Å². The highest BCUT2D eigenvalue weighted by atomic mass is 15.3. The Bertz CT molecular complexity index is 278. The van der Waals surface area contributed by atoms with Gasteiger partial charge in [0.2, 0.25) is 0 Å². The molecule has 2 nitrogen and oxygen atoms in total. The van der Waals surface area contributed by atoms with Gasteiger partial charge in [-0.3, -0.25) is 9.80 Å². The highest BCUT2D eigenvalue weighted by molar-refractivity contribution is 4.88. The van der Waals surface area contributed by atoms with Crippen LogP contribution in [0.15, 0.2) is 0 Å². The third-order valence-corrected chi connectivity index (χ3v) is 5.87. The van der Waals surface area contributed by atoms with Gasteiger partial charge in [0.25, 0.3) is 0 Å². The van der Waals surface area contributed by atoms with Crippen molar-refractivity contribution in [2.75, 3.05) is 26.2 Å². The van der Waals surface area contributed by atoms with Crippen LogP contribution in [0.4, 0.5) is 0 Å². The Hall–Kier alpha value is -0.0800. The minimum absolute atomic E-state index is 0.881. The summed E-state index contributed by atoms with van der Waals surface area (Å²) in [5.74, 6) is 0.928. The zero-order valence-electron chi connectivity index (χ0n) is 12.8. The van der Waals surface area contributed by atoms with Crippen molar-refractivity contribution in [3.63, 3.8) is 0 Å². The van der Waals surface area contributed by atoms with Crippen LogP contribution in [0.2, 0.25) is 0 Å². The number of hydrogen-bond acceptors (Lipinski definition) is 2. The monoisotopic (exact) mass is 264 g/mol. The molecule has 2 saturated heterocycles. The van der Waals surface area contributed by atoms with Gasteiger partial charge in [0.1, 0.15) is 0 Å². The molecule has 0 bridgehead atoms. The van der Waals surface area contributed by atoms with Gasteiger partial charge in [-0.25, -0.2) is 0 Å². The smallest absolute Gasteiger partial charge is 0.0223 e. The van der Waals surface area contributed by atoms with Crippen LogP contribution in [-0.2, 0) is 0 Å². The first-order chi connectivity index (χ1) is 9.34. The maximum Gasteiger partial charge on any atom is 0.0223 e. The van der Waals surface area contributed by atoms with Crippen LogP contribution < -0.4 is 0 Å². The standard InChI is InChI=1S/C17H32N2/c1-15-8-3-2-4-10-17(15)19-13-7-12-18-11-6-5-9-16(18)14-19/h15-17H,2-14H2,1H3. The van der Waals surface area contributed by atoms with Crippen molar-refractivity contribution < 1.29 is 0 Å². The molecule has 3 aliphatic rings. The SMILES string of the molecule is CC1CCCCCC1N1CCCN2CCCCC2C1. The van der Waals surface area contributed by atoms with Gasteiger partial charge in [-0.05, 0) is 57.7 Å². The maximum atomic E-state index is 2.89. The van der Waals surface area contributed by atoms with E-state index in [1.165, 1.54) is 84.0 Å². The fourth-order valence-electron chi connectivity index (χ4n) is 4.72. The Morgan fingerprint density at radius 2 is 1.42 bits per heavy atom. The van der Waals surface area contributed by atoms with Crippen molar-refractivity contribution in [3.05, 3.63) is 0 Å². The van der Waals surface area contributed by atoms with Gasteiger partial charge in [-0.1, -0.05) is 32.6 Å². The molecule has 0 aromatic rings. The zero-order valence-corrected chi connectivity index (χ0v) is 12.8. The molecule has 3 rings (SSSR count). The lowest BCUT2D eigenvalue weighted by atomic mass is 9.94. The molecule has 0 aromatic carbocycles. The molecule has 19 heavy (non-hydrogen) atoms. The Balaban J connectivity index is 1.65. The number of hydrogen-bond donors (Lipinski definition) is 0. The van der Waals surface area contributed by atoms with Crippen LogP contribution in [-0.4, -0.2) is 48.1 Å². The third kappa shape index (κ3) is 3.33. The van der Waals surface area contributed by atoms with E-state index >= 15 is 0 Å². The Morgan fingerprint density at radius 3 is 2.37 bits per heavy atom.